The van der Waals surface area contributed by atoms with Gasteiger partial charge in [0.05, 0.1) is 6.10 Å². The quantitative estimate of drug-likeness (QED) is 0.548. The second-order valence-electron chi connectivity index (χ2n) is 3.97. The molecule has 6 heteroatoms. The van der Waals surface area contributed by atoms with Gasteiger partial charge in [-0.1, -0.05) is 0 Å². The fraction of sp³-hybridized carbons (Fsp3) is 0.778. The maximum Gasteiger partial charge on any atom is 0.326 e. The Morgan fingerprint density at radius 1 is 1.60 bits per heavy atom. The molecule has 1 saturated heterocycles. The SMILES string of the molecule is CC(N)CC(=O)N1CC(O)CC1C(=O)O. The van der Waals surface area contributed by atoms with Gasteiger partial charge in [0.25, 0.3) is 0 Å². The first-order valence-electron chi connectivity index (χ1n) is 4.87. The van der Waals surface area contributed by atoms with Crippen molar-refractivity contribution in [3.05, 3.63) is 0 Å². The number of nitrogens with zero attached hydrogens (tertiary/aromatic N) is 1. The number of β-amino-alcohol motifs (C(OH)–C–C–N with tert-alkyl or cyclic N) is 1. The smallest absolute Gasteiger partial charge is 0.326 e. The van der Waals surface area contributed by atoms with Crippen molar-refractivity contribution in [1.82, 2.24) is 4.90 Å². The van der Waals surface area contributed by atoms with E-state index in [0.29, 0.717) is 0 Å². The standard InChI is InChI=1S/C9H16N2O4/c1-5(10)2-8(13)11-4-6(12)3-7(11)9(14)15/h5-7,12H,2-4,10H2,1H3,(H,14,15). The van der Waals surface area contributed by atoms with Gasteiger partial charge in [-0.2, -0.15) is 0 Å². The van der Waals surface area contributed by atoms with E-state index in [1.807, 2.05) is 0 Å². The van der Waals surface area contributed by atoms with E-state index in [-0.39, 0.29) is 31.3 Å². The second kappa shape index (κ2) is 4.59. The van der Waals surface area contributed by atoms with E-state index in [9.17, 15) is 14.7 Å². The summed E-state index contributed by atoms with van der Waals surface area (Å²) in [6, 6.07) is -1.21. The van der Waals surface area contributed by atoms with Gasteiger partial charge in [0, 0.05) is 25.4 Å². The summed E-state index contributed by atoms with van der Waals surface area (Å²) in [7, 11) is 0. The summed E-state index contributed by atoms with van der Waals surface area (Å²) in [6.45, 7) is 1.77. The lowest BCUT2D eigenvalue weighted by molar-refractivity contribution is -0.148. The van der Waals surface area contributed by atoms with Crippen LogP contribution in [0, 0.1) is 0 Å². The molecule has 0 aromatic rings. The number of carbonyl (C=O) groups is 2. The van der Waals surface area contributed by atoms with Gasteiger partial charge in [0.1, 0.15) is 6.04 Å². The first-order valence-corrected chi connectivity index (χ1v) is 4.87. The van der Waals surface area contributed by atoms with Gasteiger partial charge in [-0.05, 0) is 6.92 Å². The number of likely N-dealkylation sites (tertiary alicyclic amines) is 1. The van der Waals surface area contributed by atoms with E-state index in [0.717, 1.165) is 0 Å². The molecular formula is C9H16N2O4. The van der Waals surface area contributed by atoms with Crippen molar-refractivity contribution in [3.63, 3.8) is 0 Å². The van der Waals surface area contributed by atoms with Crippen molar-refractivity contribution in [2.75, 3.05) is 6.54 Å². The molecule has 0 aromatic heterocycles. The minimum Gasteiger partial charge on any atom is -0.480 e. The maximum absolute atomic E-state index is 11.6. The fourth-order valence-corrected chi connectivity index (χ4v) is 1.72. The van der Waals surface area contributed by atoms with Gasteiger partial charge in [0.15, 0.2) is 0 Å². The monoisotopic (exact) mass is 216 g/mol. The van der Waals surface area contributed by atoms with Crippen molar-refractivity contribution in [2.24, 2.45) is 5.73 Å². The van der Waals surface area contributed by atoms with Crippen molar-refractivity contribution in [1.29, 1.82) is 0 Å². The molecule has 3 unspecified atom stereocenters. The highest BCUT2D eigenvalue weighted by Crippen LogP contribution is 2.19. The van der Waals surface area contributed by atoms with Crippen molar-refractivity contribution in [3.8, 4) is 0 Å². The molecule has 4 N–H and O–H groups in total. The Labute approximate surface area is 87.7 Å². The van der Waals surface area contributed by atoms with Crippen LogP contribution in [0.3, 0.4) is 0 Å². The summed E-state index contributed by atoms with van der Waals surface area (Å²) >= 11 is 0. The molecule has 1 rings (SSSR count). The zero-order valence-corrected chi connectivity index (χ0v) is 8.59. The number of amides is 1. The van der Waals surface area contributed by atoms with Crippen molar-refractivity contribution >= 4 is 11.9 Å². The predicted molar refractivity (Wildman–Crippen MR) is 52.0 cm³/mol. The number of hydrogen-bond acceptors (Lipinski definition) is 4. The molecule has 0 bridgehead atoms. The van der Waals surface area contributed by atoms with E-state index < -0.39 is 18.1 Å². The van der Waals surface area contributed by atoms with Crippen molar-refractivity contribution in [2.45, 2.75) is 38.0 Å². The number of rotatable bonds is 3. The number of nitrogens with two attached hydrogens (primary N) is 1. The van der Waals surface area contributed by atoms with Gasteiger partial charge in [-0.3, -0.25) is 4.79 Å². The number of aliphatic hydroxyl groups is 1. The summed E-state index contributed by atoms with van der Waals surface area (Å²) in [5.74, 6) is -1.39. The molecule has 1 aliphatic rings. The lowest BCUT2D eigenvalue weighted by atomic mass is 10.2. The highest BCUT2D eigenvalue weighted by atomic mass is 16.4. The Hall–Kier alpha value is -1.14. The van der Waals surface area contributed by atoms with Gasteiger partial charge in [-0.25, -0.2) is 4.79 Å². The molecular weight excluding hydrogens is 200 g/mol. The predicted octanol–water partition coefficient (Wildman–Crippen LogP) is -1.23. The summed E-state index contributed by atoms with van der Waals surface area (Å²) in [6.07, 6.45) is -0.542. The van der Waals surface area contributed by atoms with Crippen LogP contribution in [-0.2, 0) is 9.59 Å². The van der Waals surface area contributed by atoms with Crippen molar-refractivity contribution < 1.29 is 19.8 Å². The van der Waals surface area contributed by atoms with Crippen LogP contribution in [0.2, 0.25) is 0 Å². The average molecular weight is 216 g/mol. The maximum atomic E-state index is 11.6. The third kappa shape index (κ3) is 2.90. The molecule has 1 aliphatic heterocycles. The van der Waals surface area contributed by atoms with Gasteiger partial charge in [0.2, 0.25) is 5.91 Å². The zero-order chi connectivity index (χ0) is 11.6. The van der Waals surface area contributed by atoms with E-state index in [1.54, 1.807) is 6.92 Å². The lowest BCUT2D eigenvalue weighted by Gasteiger charge is -2.21. The molecule has 0 aromatic carbocycles. The lowest BCUT2D eigenvalue weighted by Crippen LogP contribution is -2.42. The summed E-state index contributed by atoms with van der Waals surface area (Å²) < 4.78 is 0. The summed E-state index contributed by atoms with van der Waals surface area (Å²) in [5.41, 5.74) is 5.46. The molecule has 86 valence electrons. The van der Waals surface area contributed by atoms with Gasteiger partial charge >= 0.3 is 5.97 Å². The van der Waals surface area contributed by atoms with E-state index in [1.165, 1.54) is 4.90 Å². The molecule has 3 atom stereocenters. The van der Waals surface area contributed by atoms with E-state index in [4.69, 9.17) is 10.8 Å². The number of aliphatic carboxylic acids is 1. The van der Waals surface area contributed by atoms with Crippen LogP contribution in [0.5, 0.6) is 0 Å². The highest BCUT2D eigenvalue weighted by Gasteiger charge is 2.38. The topological polar surface area (TPSA) is 104 Å². The third-order valence-corrected chi connectivity index (χ3v) is 2.38. The second-order valence-corrected chi connectivity index (χ2v) is 3.97. The summed E-state index contributed by atoms with van der Waals surface area (Å²) in [4.78, 5) is 23.6. The Morgan fingerprint density at radius 3 is 2.67 bits per heavy atom. The molecule has 1 fully saturated rings. The minimum atomic E-state index is -1.08. The van der Waals surface area contributed by atoms with Crippen LogP contribution < -0.4 is 5.73 Å². The normalized spacial score (nSPS) is 27.8. The Bertz CT molecular complexity index is 267. The van der Waals surface area contributed by atoms with Gasteiger partial charge in [-0.15, -0.1) is 0 Å². The Morgan fingerprint density at radius 2 is 2.20 bits per heavy atom. The molecule has 0 spiro atoms. The minimum absolute atomic E-state index is 0.0858. The third-order valence-electron chi connectivity index (χ3n) is 2.38. The van der Waals surface area contributed by atoms with Crippen LogP contribution in [0.4, 0.5) is 0 Å². The van der Waals surface area contributed by atoms with E-state index in [2.05, 4.69) is 0 Å². The van der Waals surface area contributed by atoms with Crippen LogP contribution in [0.1, 0.15) is 19.8 Å². The first-order chi connectivity index (χ1) is 6.91. The van der Waals surface area contributed by atoms with Crippen LogP contribution in [-0.4, -0.2) is 51.7 Å². The molecule has 0 radical (unpaired) electrons. The largest absolute Gasteiger partial charge is 0.480 e. The first kappa shape index (κ1) is 11.9. The molecule has 15 heavy (non-hydrogen) atoms. The average Bonchev–Trinajstić information content (AvgIpc) is 2.46. The molecule has 6 nitrogen and oxygen atoms in total. The Kier molecular flexibility index (Phi) is 3.65. The molecule has 1 heterocycles. The van der Waals surface area contributed by atoms with Gasteiger partial charge < -0.3 is 20.8 Å². The van der Waals surface area contributed by atoms with Crippen LogP contribution >= 0.6 is 0 Å². The molecule has 0 saturated carbocycles. The number of carboxylic acid groups (broad SMARTS) is 1. The van der Waals surface area contributed by atoms with E-state index >= 15 is 0 Å². The number of carboxylic acids is 1. The number of hydrogen-bond donors (Lipinski definition) is 3. The summed E-state index contributed by atoms with van der Waals surface area (Å²) in [5, 5.41) is 18.2. The molecule has 0 aliphatic carbocycles. The van der Waals surface area contributed by atoms with Crippen LogP contribution in [0.25, 0.3) is 0 Å². The zero-order valence-electron chi connectivity index (χ0n) is 8.59. The highest BCUT2D eigenvalue weighted by molar-refractivity contribution is 5.84. The van der Waals surface area contributed by atoms with Crippen LogP contribution in [0.15, 0.2) is 0 Å². The fourth-order valence-electron chi connectivity index (χ4n) is 1.72. The molecule has 1 amide bonds. The number of aliphatic hydroxyl groups excluding tert-OH is 1. The number of carbonyl (C=O) groups excluding carboxylic acids is 1. The Balaban J connectivity index is 2.66.